The number of rotatable bonds is 7. The van der Waals surface area contributed by atoms with Crippen molar-refractivity contribution in [2.45, 2.75) is 18.9 Å². The summed E-state index contributed by atoms with van der Waals surface area (Å²) < 4.78 is 1.59. The number of nitrogens with zero attached hydrogens (tertiary/aromatic N) is 2. The zero-order valence-corrected chi connectivity index (χ0v) is 16.1. The zero-order chi connectivity index (χ0) is 20.1. The van der Waals surface area contributed by atoms with E-state index in [4.69, 9.17) is 0 Å². The van der Waals surface area contributed by atoms with Crippen molar-refractivity contribution in [2.24, 2.45) is 0 Å². The number of carbonyl (C=O) groups excluding carboxylic acids is 1. The Morgan fingerprint density at radius 3 is 2.43 bits per heavy atom. The molecule has 0 aliphatic heterocycles. The molecule has 1 amide bonds. The van der Waals surface area contributed by atoms with Gasteiger partial charge in [-0.1, -0.05) is 48.5 Å². The number of hydrogen-bond donors (Lipinski definition) is 2. The second-order valence-corrected chi connectivity index (χ2v) is 7.12. The summed E-state index contributed by atoms with van der Waals surface area (Å²) in [6.45, 7) is 0.864. The van der Waals surface area contributed by atoms with E-state index in [-0.39, 0.29) is 5.91 Å². The molecule has 6 nitrogen and oxygen atoms in total. The molecule has 0 fully saturated rings. The first-order valence-electron chi connectivity index (χ1n) is 9.27. The van der Waals surface area contributed by atoms with Crippen molar-refractivity contribution >= 4 is 22.9 Å². The summed E-state index contributed by atoms with van der Waals surface area (Å²) in [5.74, 6) is -0.279. The third-order valence-corrected chi connectivity index (χ3v) is 4.74. The Kier molecular flexibility index (Phi) is 6.11. The van der Waals surface area contributed by atoms with Gasteiger partial charge in [-0.25, -0.2) is 4.79 Å². The molecule has 1 aromatic heterocycles. The highest BCUT2D eigenvalue weighted by Crippen LogP contribution is 2.23. The van der Waals surface area contributed by atoms with Gasteiger partial charge in [-0.15, -0.1) is 0 Å². The lowest BCUT2D eigenvalue weighted by atomic mass is 10.1. The van der Waals surface area contributed by atoms with E-state index in [2.05, 4.69) is 10.2 Å². The largest absolute Gasteiger partial charge is 0.465 e. The lowest BCUT2D eigenvalue weighted by Crippen LogP contribution is -2.44. The third-order valence-electron chi connectivity index (χ3n) is 4.74. The topological polar surface area (TPSA) is 74.6 Å². The van der Waals surface area contributed by atoms with Crippen molar-refractivity contribution in [3.8, 4) is 0 Å². The van der Waals surface area contributed by atoms with E-state index in [9.17, 15) is 14.7 Å². The maximum atomic E-state index is 13.3. The molecule has 3 aromatic rings. The lowest BCUT2D eigenvalue weighted by molar-refractivity contribution is 0.0859. The van der Waals surface area contributed by atoms with Gasteiger partial charge < -0.3 is 15.3 Å². The van der Waals surface area contributed by atoms with Crippen molar-refractivity contribution in [3.05, 3.63) is 71.9 Å². The molecule has 146 valence electrons. The Labute approximate surface area is 164 Å². The first-order chi connectivity index (χ1) is 13.5. The minimum atomic E-state index is -1.21. The quantitative estimate of drug-likeness (QED) is 0.661. The second-order valence-electron chi connectivity index (χ2n) is 7.12. The zero-order valence-electron chi connectivity index (χ0n) is 16.1. The molecular weight excluding hydrogens is 354 g/mol. The smallest absolute Gasteiger partial charge is 0.405 e. The average molecular weight is 379 g/mol. The molecule has 3 rings (SSSR count). The van der Waals surface area contributed by atoms with Crippen molar-refractivity contribution < 1.29 is 14.7 Å². The van der Waals surface area contributed by atoms with Gasteiger partial charge in [-0.2, -0.15) is 0 Å². The van der Waals surface area contributed by atoms with Gasteiger partial charge in [0.05, 0.1) is 5.52 Å². The SMILES string of the molecule is CN(C)CCc1cn(C(=O)C(Cc2ccccc2)NC(=O)O)c2ccccc12. The number of likely N-dealkylation sites (N-methyl/N-ethyl adjacent to an activating group) is 1. The molecule has 0 spiro atoms. The van der Waals surface area contributed by atoms with Crippen LogP contribution >= 0.6 is 0 Å². The molecule has 0 saturated heterocycles. The molecule has 0 aliphatic carbocycles. The molecule has 0 bridgehead atoms. The van der Waals surface area contributed by atoms with Gasteiger partial charge in [0.1, 0.15) is 6.04 Å². The van der Waals surface area contributed by atoms with Gasteiger partial charge in [0.15, 0.2) is 0 Å². The molecule has 0 radical (unpaired) electrons. The van der Waals surface area contributed by atoms with Crippen molar-refractivity contribution in [1.82, 2.24) is 14.8 Å². The normalized spacial score (nSPS) is 12.2. The summed E-state index contributed by atoms with van der Waals surface area (Å²) in [7, 11) is 4.02. The summed E-state index contributed by atoms with van der Waals surface area (Å²) in [4.78, 5) is 26.7. The Hall–Kier alpha value is -3.12. The van der Waals surface area contributed by atoms with Crippen LogP contribution in [0.5, 0.6) is 0 Å². The average Bonchev–Trinajstić information content (AvgIpc) is 3.04. The molecule has 0 saturated carbocycles. The Morgan fingerprint density at radius 2 is 1.75 bits per heavy atom. The minimum Gasteiger partial charge on any atom is -0.465 e. The monoisotopic (exact) mass is 379 g/mol. The van der Waals surface area contributed by atoms with Gasteiger partial charge >= 0.3 is 6.09 Å². The van der Waals surface area contributed by atoms with Crippen molar-refractivity contribution in [1.29, 1.82) is 0 Å². The van der Waals surface area contributed by atoms with Crippen LogP contribution in [0.15, 0.2) is 60.8 Å². The number of carboxylic acid groups (broad SMARTS) is 1. The van der Waals surface area contributed by atoms with Gasteiger partial charge in [0.25, 0.3) is 5.91 Å². The number of amides is 1. The molecule has 28 heavy (non-hydrogen) atoms. The number of aromatic nitrogens is 1. The molecule has 2 N–H and O–H groups in total. The first kappa shape index (κ1) is 19.6. The number of nitrogens with one attached hydrogen (secondary N) is 1. The molecule has 1 unspecified atom stereocenters. The second kappa shape index (κ2) is 8.71. The summed E-state index contributed by atoms with van der Waals surface area (Å²) in [6, 6.07) is 16.3. The van der Waals surface area contributed by atoms with Gasteiger partial charge in [-0.05, 0) is 37.7 Å². The van der Waals surface area contributed by atoms with Crippen LogP contribution in [-0.2, 0) is 12.8 Å². The van der Waals surface area contributed by atoms with Crippen LogP contribution in [0.25, 0.3) is 10.9 Å². The van der Waals surface area contributed by atoms with E-state index in [1.807, 2.05) is 74.9 Å². The van der Waals surface area contributed by atoms with Crippen LogP contribution in [-0.4, -0.2) is 53.3 Å². The number of benzene rings is 2. The minimum absolute atomic E-state index is 0.279. The van der Waals surface area contributed by atoms with Crippen LogP contribution < -0.4 is 5.32 Å². The van der Waals surface area contributed by atoms with E-state index >= 15 is 0 Å². The van der Waals surface area contributed by atoms with Crippen molar-refractivity contribution in [2.75, 3.05) is 20.6 Å². The fourth-order valence-corrected chi connectivity index (χ4v) is 3.34. The van der Waals surface area contributed by atoms with Crippen molar-refractivity contribution in [3.63, 3.8) is 0 Å². The highest BCUT2D eigenvalue weighted by Gasteiger charge is 2.24. The number of para-hydroxylation sites is 1. The summed E-state index contributed by atoms with van der Waals surface area (Å²) in [5.41, 5.74) is 2.77. The molecule has 2 aromatic carbocycles. The predicted molar refractivity (Wildman–Crippen MR) is 110 cm³/mol. The van der Waals surface area contributed by atoms with Crippen LogP contribution in [0.1, 0.15) is 15.9 Å². The number of hydrogen-bond acceptors (Lipinski definition) is 3. The number of carbonyl (C=O) groups is 2. The Morgan fingerprint density at radius 1 is 1.07 bits per heavy atom. The van der Waals surface area contributed by atoms with Crippen LogP contribution in [0.4, 0.5) is 4.79 Å². The molecular formula is C22H25N3O3. The Bertz CT molecular complexity index is 964. The maximum absolute atomic E-state index is 13.3. The van der Waals surface area contributed by atoms with E-state index in [1.165, 1.54) is 0 Å². The highest BCUT2D eigenvalue weighted by atomic mass is 16.4. The van der Waals surface area contributed by atoms with Gasteiger partial charge in [-0.3, -0.25) is 9.36 Å². The van der Waals surface area contributed by atoms with E-state index in [0.717, 1.165) is 35.0 Å². The highest BCUT2D eigenvalue weighted by molar-refractivity contribution is 5.97. The van der Waals surface area contributed by atoms with E-state index in [1.54, 1.807) is 4.57 Å². The maximum Gasteiger partial charge on any atom is 0.405 e. The first-order valence-corrected chi connectivity index (χ1v) is 9.27. The van der Waals surface area contributed by atoms with E-state index < -0.39 is 12.1 Å². The fourth-order valence-electron chi connectivity index (χ4n) is 3.34. The lowest BCUT2D eigenvalue weighted by Gasteiger charge is -2.17. The molecule has 1 atom stereocenters. The number of fused-ring (bicyclic) bond motifs is 1. The fraction of sp³-hybridized carbons (Fsp3) is 0.273. The molecule has 0 aliphatic rings. The van der Waals surface area contributed by atoms with Crippen LogP contribution in [0.2, 0.25) is 0 Å². The van der Waals surface area contributed by atoms with Gasteiger partial charge in [0.2, 0.25) is 0 Å². The Balaban J connectivity index is 1.95. The van der Waals surface area contributed by atoms with Gasteiger partial charge in [0, 0.05) is 24.5 Å². The predicted octanol–water partition coefficient (Wildman–Crippen LogP) is 3.26. The molecule has 6 heteroatoms. The standard InChI is InChI=1S/C22H25N3O3/c1-24(2)13-12-17-15-25(20-11-7-6-10-18(17)20)21(26)19(23-22(27)28)14-16-8-4-3-5-9-16/h3-11,15,19,23H,12-14H2,1-2H3,(H,27,28). The third kappa shape index (κ3) is 4.58. The van der Waals surface area contributed by atoms with Crippen LogP contribution in [0, 0.1) is 0 Å². The van der Waals surface area contributed by atoms with Crippen LogP contribution in [0.3, 0.4) is 0 Å². The van der Waals surface area contributed by atoms with E-state index in [0.29, 0.717) is 6.42 Å². The summed E-state index contributed by atoms with van der Waals surface area (Å²) >= 11 is 0. The summed E-state index contributed by atoms with van der Waals surface area (Å²) in [6.07, 6.45) is 1.74. The molecule has 1 heterocycles. The summed E-state index contributed by atoms with van der Waals surface area (Å²) in [5, 5.41) is 12.7.